The predicted molar refractivity (Wildman–Crippen MR) is 78.5 cm³/mol. The third kappa shape index (κ3) is 7.05. The monoisotopic (exact) mass is 250 g/mol. The fraction of sp³-hybridized carbons (Fsp3) is 0.600. The second-order valence-electron chi connectivity index (χ2n) is 4.68. The molecule has 0 heterocycles. The Balaban J connectivity index is 4.59. The highest BCUT2D eigenvalue weighted by atomic mass is 16.1. The summed E-state index contributed by atoms with van der Waals surface area (Å²) in [6, 6.07) is 0. The largest absolute Gasteiger partial charge is 0.328 e. The van der Waals surface area contributed by atoms with Crippen LogP contribution in [0.4, 0.5) is 0 Å². The lowest BCUT2D eigenvalue weighted by Gasteiger charge is -2.05. The molecule has 0 spiro atoms. The topological polar surface area (TPSA) is 41.5 Å². The van der Waals surface area contributed by atoms with Gasteiger partial charge < -0.3 is 5.32 Å². The van der Waals surface area contributed by atoms with E-state index in [2.05, 4.69) is 31.1 Å². The lowest BCUT2D eigenvalue weighted by atomic mass is 10.1. The molecule has 3 heteroatoms. The van der Waals surface area contributed by atoms with Gasteiger partial charge in [-0.1, -0.05) is 33.3 Å². The summed E-state index contributed by atoms with van der Waals surface area (Å²) in [4.78, 5) is 16.2. The highest BCUT2D eigenvalue weighted by Crippen LogP contribution is 2.07. The van der Waals surface area contributed by atoms with Crippen molar-refractivity contribution >= 4 is 12.1 Å². The van der Waals surface area contributed by atoms with Crippen molar-refractivity contribution in [1.29, 1.82) is 0 Å². The number of carbonyl (C=O) groups is 1. The van der Waals surface area contributed by atoms with E-state index in [9.17, 15) is 4.79 Å². The highest BCUT2D eigenvalue weighted by Gasteiger charge is 2.08. The zero-order valence-electron chi connectivity index (χ0n) is 12.3. The van der Waals surface area contributed by atoms with Crippen LogP contribution in [0.15, 0.2) is 28.5 Å². The van der Waals surface area contributed by atoms with E-state index >= 15 is 0 Å². The van der Waals surface area contributed by atoms with Crippen molar-refractivity contribution in [2.24, 2.45) is 10.9 Å². The Hall–Kier alpha value is -1.38. The SMILES string of the molecule is CCC/C=C/NC(=O)C(/N=C\C(C)CC)=C(C)C. The molecule has 0 aliphatic carbocycles. The second-order valence-corrected chi connectivity index (χ2v) is 4.68. The van der Waals surface area contributed by atoms with Crippen LogP contribution >= 0.6 is 0 Å². The summed E-state index contributed by atoms with van der Waals surface area (Å²) in [5.74, 6) is 0.254. The molecule has 18 heavy (non-hydrogen) atoms. The summed E-state index contributed by atoms with van der Waals surface area (Å²) < 4.78 is 0. The molecule has 0 aliphatic heterocycles. The molecule has 1 N–H and O–H groups in total. The van der Waals surface area contributed by atoms with Crippen molar-refractivity contribution in [2.45, 2.75) is 53.9 Å². The minimum Gasteiger partial charge on any atom is -0.328 e. The first kappa shape index (κ1) is 16.6. The maximum atomic E-state index is 11.9. The van der Waals surface area contributed by atoms with Gasteiger partial charge in [0, 0.05) is 12.4 Å². The number of aliphatic imine (C=N–C) groups is 1. The van der Waals surface area contributed by atoms with Gasteiger partial charge in [0.15, 0.2) is 0 Å². The molecule has 1 unspecified atom stereocenters. The molecule has 0 radical (unpaired) electrons. The van der Waals surface area contributed by atoms with Gasteiger partial charge in [0.1, 0.15) is 5.70 Å². The first-order valence-electron chi connectivity index (χ1n) is 6.70. The second kappa shape index (κ2) is 9.63. The molecule has 102 valence electrons. The van der Waals surface area contributed by atoms with Gasteiger partial charge in [0.25, 0.3) is 5.91 Å². The molecule has 0 saturated carbocycles. The van der Waals surface area contributed by atoms with Crippen LogP contribution in [-0.2, 0) is 4.79 Å². The Bertz CT molecular complexity index is 336. The Kier molecular flexibility index (Phi) is 8.89. The third-order valence-corrected chi connectivity index (χ3v) is 2.58. The van der Waals surface area contributed by atoms with Gasteiger partial charge >= 0.3 is 0 Å². The Labute approximate surface area is 111 Å². The van der Waals surface area contributed by atoms with Crippen LogP contribution in [0.3, 0.4) is 0 Å². The summed E-state index contributed by atoms with van der Waals surface area (Å²) in [6.07, 6.45) is 8.58. The molecule has 0 bridgehead atoms. The number of hydrogen-bond donors (Lipinski definition) is 1. The highest BCUT2D eigenvalue weighted by molar-refractivity contribution is 5.95. The quantitative estimate of drug-likeness (QED) is 0.541. The van der Waals surface area contributed by atoms with Gasteiger partial charge in [-0.05, 0) is 38.2 Å². The number of rotatable bonds is 7. The van der Waals surface area contributed by atoms with E-state index in [1.807, 2.05) is 26.1 Å². The van der Waals surface area contributed by atoms with E-state index in [4.69, 9.17) is 0 Å². The normalized spacial score (nSPS) is 12.9. The number of nitrogens with zero attached hydrogens (tertiary/aromatic N) is 1. The van der Waals surface area contributed by atoms with Crippen LogP contribution < -0.4 is 5.32 Å². The van der Waals surface area contributed by atoms with E-state index in [0.29, 0.717) is 11.6 Å². The molecule has 3 nitrogen and oxygen atoms in total. The van der Waals surface area contributed by atoms with E-state index in [-0.39, 0.29) is 5.91 Å². The number of hydrogen-bond acceptors (Lipinski definition) is 2. The van der Waals surface area contributed by atoms with Crippen LogP contribution in [-0.4, -0.2) is 12.1 Å². The van der Waals surface area contributed by atoms with Crippen LogP contribution in [0, 0.1) is 5.92 Å². The predicted octanol–water partition coefficient (Wildman–Crippen LogP) is 3.83. The summed E-state index contributed by atoms with van der Waals surface area (Å²) in [5, 5.41) is 2.75. The number of allylic oxidation sites excluding steroid dienone is 2. The van der Waals surface area contributed by atoms with Crippen LogP contribution in [0.25, 0.3) is 0 Å². The summed E-state index contributed by atoms with van der Waals surface area (Å²) in [6.45, 7) is 10.1. The van der Waals surface area contributed by atoms with Gasteiger partial charge in [-0.2, -0.15) is 0 Å². The molecular weight excluding hydrogens is 224 g/mol. The Morgan fingerprint density at radius 2 is 2.00 bits per heavy atom. The molecule has 0 aromatic carbocycles. The lowest BCUT2D eigenvalue weighted by Crippen LogP contribution is -2.19. The first-order chi connectivity index (χ1) is 8.52. The number of amides is 1. The minimum atomic E-state index is -0.137. The van der Waals surface area contributed by atoms with E-state index in [0.717, 1.165) is 24.8 Å². The van der Waals surface area contributed by atoms with Crippen molar-refractivity contribution in [2.75, 3.05) is 0 Å². The molecule has 0 saturated heterocycles. The molecule has 0 rings (SSSR count). The van der Waals surface area contributed by atoms with E-state index in [1.54, 1.807) is 6.20 Å². The van der Waals surface area contributed by atoms with E-state index in [1.165, 1.54) is 0 Å². The third-order valence-electron chi connectivity index (χ3n) is 2.58. The number of unbranched alkanes of at least 4 members (excludes halogenated alkanes) is 1. The zero-order valence-corrected chi connectivity index (χ0v) is 12.3. The summed E-state index contributed by atoms with van der Waals surface area (Å²) in [5.41, 5.74) is 1.44. The fourth-order valence-corrected chi connectivity index (χ4v) is 1.17. The average molecular weight is 250 g/mol. The van der Waals surface area contributed by atoms with Crippen molar-refractivity contribution < 1.29 is 4.79 Å². The smallest absolute Gasteiger partial charge is 0.273 e. The lowest BCUT2D eigenvalue weighted by molar-refractivity contribution is -0.116. The summed E-state index contributed by atoms with van der Waals surface area (Å²) >= 11 is 0. The van der Waals surface area contributed by atoms with Gasteiger partial charge in [-0.3, -0.25) is 9.79 Å². The standard InChI is InChI=1S/C15H26N2O/c1-6-8-9-10-16-15(18)14(12(3)4)17-11-13(5)7-2/h9-11,13H,6-8H2,1-5H3,(H,16,18)/b10-9+,17-11-. The molecular formula is C15H26N2O. The van der Waals surface area contributed by atoms with Crippen LogP contribution in [0.5, 0.6) is 0 Å². The fourth-order valence-electron chi connectivity index (χ4n) is 1.17. The maximum Gasteiger partial charge on any atom is 0.273 e. The molecule has 0 fully saturated rings. The van der Waals surface area contributed by atoms with Crippen molar-refractivity contribution in [1.82, 2.24) is 5.32 Å². The average Bonchev–Trinajstić information content (AvgIpc) is 2.34. The number of carbonyl (C=O) groups excluding carboxylic acids is 1. The Morgan fingerprint density at radius 1 is 1.33 bits per heavy atom. The van der Waals surface area contributed by atoms with Gasteiger partial charge in [0.2, 0.25) is 0 Å². The van der Waals surface area contributed by atoms with Gasteiger partial charge in [-0.15, -0.1) is 0 Å². The summed E-state index contributed by atoms with van der Waals surface area (Å²) in [7, 11) is 0. The van der Waals surface area contributed by atoms with Gasteiger partial charge in [-0.25, -0.2) is 0 Å². The van der Waals surface area contributed by atoms with Crippen LogP contribution in [0.2, 0.25) is 0 Å². The van der Waals surface area contributed by atoms with E-state index < -0.39 is 0 Å². The van der Waals surface area contributed by atoms with Crippen molar-refractivity contribution in [3.8, 4) is 0 Å². The number of nitrogens with one attached hydrogen (secondary N) is 1. The molecule has 0 aliphatic rings. The van der Waals surface area contributed by atoms with Crippen molar-refractivity contribution in [3.05, 3.63) is 23.5 Å². The maximum absolute atomic E-state index is 11.9. The molecule has 1 atom stereocenters. The Morgan fingerprint density at radius 3 is 2.50 bits per heavy atom. The minimum absolute atomic E-state index is 0.137. The van der Waals surface area contributed by atoms with Gasteiger partial charge in [0.05, 0.1) is 0 Å². The van der Waals surface area contributed by atoms with Crippen molar-refractivity contribution in [3.63, 3.8) is 0 Å². The molecule has 1 amide bonds. The van der Waals surface area contributed by atoms with Crippen LogP contribution in [0.1, 0.15) is 53.9 Å². The molecule has 0 aromatic heterocycles. The first-order valence-corrected chi connectivity index (χ1v) is 6.70. The molecule has 0 aromatic rings. The zero-order chi connectivity index (χ0) is 14.0.